The molecule has 0 unspecified atom stereocenters. The maximum Gasteiger partial charge on any atom is 0.201 e. The van der Waals surface area contributed by atoms with E-state index in [9.17, 15) is 8.78 Å². The van der Waals surface area contributed by atoms with Crippen molar-refractivity contribution >= 4 is 0 Å². The molecule has 0 saturated heterocycles. The van der Waals surface area contributed by atoms with E-state index in [1.165, 1.54) is 0 Å². The molecule has 0 aromatic heterocycles. The summed E-state index contributed by atoms with van der Waals surface area (Å²) < 4.78 is 32.8. The number of rotatable bonds is 6. The van der Waals surface area contributed by atoms with E-state index in [2.05, 4.69) is 26.7 Å². The lowest BCUT2D eigenvalue weighted by Gasteiger charge is -2.13. The summed E-state index contributed by atoms with van der Waals surface area (Å²) in [4.78, 5) is 0. The molecule has 0 saturated carbocycles. The highest BCUT2D eigenvalue weighted by Gasteiger charge is 2.16. The third kappa shape index (κ3) is 7.79. The van der Waals surface area contributed by atoms with Crippen LogP contribution >= 0.6 is 0 Å². The van der Waals surface area contributed by atoms with Crippen molar-refractivity contribution in [2.45, 2.75) is 33.1 Å². The molecule has 3 heteroatoms. The van der Waals surface area contributed by atoms with Crippen LogP contribution in [-0.4, -0.2) is 6.61 Å². The topological polar surface area (TPSA) is 9.23 Å². The third-order valence-electron chi connectivity index (χ3n) is 3.13. The van der Waals surface area contributed by atoms with Crippen molar-refractivity contribution in [3.05, 3.63) is 79.9 Å². The molecule has 0 amide bonds. The summed E-state index contributed by atoms with van der Waals surface area (Å²) in [6.07, 6.45) is 4.65. The van der Waals surface area contributed by atoms with Gasteiger partial charge < -0.3 is 4.74 Å². The van der Waals surface area contributed by atoms with Crippen molar-refractivity contribution in [2.75, 3.05) is 6.61 Å². The van der Waals surface area contributed by atoms with Crippen molar-refractivity contribution in [2.24, 2.45) is 0 Å². The van der Waals surface area contributed by atoms with E-state index in [0.717, 1.165) is 30.9 Å². The molecule has 1 nitrogen and oxygen atoms in total. The Hall–Kier alpha value is -2.42. The van der Waals surface area contributed by atoms with Crippen LogP contribution < -0.4 is 4.74 Å². The Labute approximate surface area is 150 Å². The van der Waals surface area contributed by atoms with Crippen LogP contribution in [0.2, 0.25) is 0 Å². The fourth-order valence-corrected chi connectivity index (χ4v) is 2.04. The molecule has 0 bridgehead atoms. The van der Waals surface area contributed by atoms with Crippen molar-refractivity contribution < 1.29 is 13.5 Å². The van der Waals surface area contributed by atoms with E-state index < -0.39 is 11.6 Å². The van der Waals surface area contributed by atoms with Gasteiger partial charge in [-0.25, -0.2) is 4.39 Å². The van der Waals surface area contributed by atoms with Gasteiger partial charge in [-0.05, 0) is 31.0 Å². The van der Waals surface area contributed by atoms with E-state index >= 15 is 0 Å². The molecule has 25 heavy (non-hydrogen) atoms. The molecule has 0 aliphatic rings. The van der Waals surface area contributed by atoms with Gasteiger partial charge >= 0.3 is 0 Å². The number of allylic oxidation sites excluding steroid dienone is 1. The minimum absolute atomic E-state index is 0.00676. The molecule has 0 radical (unpaired) electrons. The van der Waals surface area contributed by atoms with E-state index in [4.69, 9.17) is 4.74 Å². The lowest BCUT2D eigenvalue weighted by Crippen LogP contribution is -2.02. The average molecular weight is 346 g/mol. The lowest BCUT2D eigenvalue weighted by atomic mass is 10.0. The molecule has 0 spiro atoms. The number of halogens is 2. The third-order valence-corrected chi connectivity index (χ3v) is 3.13. The molecule has 2 rings (SSSR count). The first kappa shape index (κ1) is 22.6. The van der Waals surface area contributed by atoms with Gasteiger partial charge in [0.2, 0.25) is 5.82 Å². The molecule has 0 aliphatic heterocycles. The number of ether oxygens (including phenoxy) is 1. The molecular weight excluding hydrogens is 318 g/mol. The SMILES string of the molecule is C=C.C=CC.CCCCCOc1c(-c2ccccc2)ccc(F)c1F. The normalized spacial score (nSPS) is 9.12. The second kappa shape index (κ2) is 14.0. The average Bonchev–Trinajstić information content (AvgIpc) is 2.65. The zero-order chi connectivity index (χ0) is 19.1. The zero-order valence-corrected chi connectivity index (χ0v) is 15.2. The van der Waals surface area contributed by atoms with Gasteiger partial charge in [-0.1, -0.05) is 56.2 Å². The van der Waals surface area contributed by atoms with Gasteiger partial charge in [0, 0.05) is 5.56 Å². The van der Waals surface area contributed by atoms with Gasteiger partial charge in [-0.2, -0.15) is 4.39 Å². The van der Waals surface area contributed by atoms with Gasteiger partial charge in [0.05, 0.1) is 6.61 Å². The number of hydrogen-bond acceptors (Lipinski definition) is 1. The van der Waals surface area contributed by atoms with E-state index in [0.29, 0.717) is 12.2 Å². The molecule has 136 valence electrons. The quantitative estimate of drug-likeness (QED) is 0.397. The van der Waals surface area contributed by atoms with Gasteiger partial charge in [-0.3, -0.25) is 0 Å². The number of hydrogen-bond donors (Lipinski definition) is 0. The molecule has 0 aliphatic carbocycles. The van der Waals surface area contributed by atoms with E-state index in [1.54, 1.807) is 12.1 Å². The summed E-state index contributed by atoms with van der Waals surface area (Å²) in [5.41, 5.74) is 1.40. The Morgan fingerprint density at radius 2 is 1.60 bits per heavy atom. The Balaban J connectivity index is 0.00000104. The second-order valence-corrected chi connectivity index (χ2v) is 5.07. The molecule has 0 fully saturated rings. The highest BCUT2D eigenvalue weighted by Crippen LogP contribution is 2.33. The molecule has 2 aromatic rings. The summed E-state index contributed by atoms with van der Waals surface area (Å²) in [6, 6.07) is 12.0. The molecule has 0 N–H and O–H groups in total. The predicted molar refractivity (Wildman–Crippen MR) is 104 cm³/mol. The monoisotopic (exact) mass is 346 g/mol. The fourth-order valence-electron chi connectivity index (χ4n) is 2.04. The summed E-state index contributed by atoms with van der Waals surface area (Å²) in [7, 11) is 0. The van der Waals surface area contributed by atoms with E-state index in [-0.39, 0.29) is 5.75 Å². The van der Waals surface area contributed by atoms with Gasteiger partial charge in [0.15, 0.2) is 11.6 Å². The van der Waals surface area contributed by atoms with Crippen LogP contribution in [0.1, 0.15) is 33.1 Å². The van der Waals surface area contributed by atoms with Gasteiger partial charge in [0.25, 0.3) is 0 Å². The number of benzene rings is 2. The molecular formula is C22H28F2O. The largest absolute Gasteiger partial charge is 0.490 e. The van der Waals surface area contributed by atoms with E-state index in [1.807, 2.05) is 37.3 Å². The highest BCUT2D eigenvalue weighted by atomic mass is 19.2. The fraction of sp³-hybridized carbons (Fsp3) is 0.273. The smallest absolute Gasteiger partial charge is 0.201 e. The van der Waals surface area contributed by atoms with Crippen molar-refractivity contribution in [1.82, 2.24) is 0 Å². The minimum Gasteiger partial charge on any atom is -0.490 e. The highest BCUT2D eigenvalue weighted by molar-refractivity contribution is 5.70. The maximum absolute atomic E-state index is 14.0. The molecule has 2 aromatic carbocycles. The van der Waals surface area contributed by atoms with Crippen LogP contribution in [0.3, 0.4) is 0 Å². The van der Waals surface area contributed by atoms with Crippen LogP contribution in [0.15, 0.2) is 68.3 Å². The predicted octanol–water partition coefficient (Wildman–Crippen LogP) is 7.20. The summed E-state index contributed by atoms with van der Waals surface area (Å²) in [5, 5.41) is 0. The molecule has 0 heterocycles. The Morgan fingerprint density at radius 3 is 2.16 bits per heavy atom. The second-order valence-electron chi connectivity index (χ2n) is 5.07. The summed E-state index contributed by atoms with van der Waals surface area (Å²) >= 11 is 0. The van der Waals surface area contributed by atoms with Gasteiger partial charge in [0.1, 0.15) is 0 Å². The zero-order valence-electron chi connectivity index (χ0n) is 15.2. The lowest BCUT2D eigenvalue weighted by molar-refractivity contribution is 0.287. The van der Waals surface area contributed by atoms with Gasteiger partial charge in [-0.15, -0.1) is 19.7 Å². The summed E-state index contributed by atoms with van der Waals surface area (Å²) in [6.45, 7) is 13.7. The van der Waals surface area contributed by atoms with Crippen LogP contribution in [0.25, 0.3) is 11.1 Å². The Kier molecular flexibility index (Phi) is 12.6. The standard InChI is InChI=1S/C17H18F2O.C3H6.C2H4/c1-2-3-7-12-20-17-14(10-11-15(18)16(17)19)13-8-5-4-6-9-13;1-3-2;1-2/h4-6,8-11H,2-3,7,12H2,1H3;3H,1H2,2H3;1-2H2. The van der Waals surface area contributed by atoms with Crippen LogP contribution in [-0.2, 0) is 0 Å². The van der Waals surface area contributed by atoms with Crippen molar-refractivity contribution in [3.8, 4) is 16.9 Å². The summed E-state index contributed by atoms with van der Waals surface area (Å²) in [5.74, 6) is -1.79. The first-order valence-electron chi connectivity index (χ1n) is 8.38. The Bertz CT molecular complexity index is 609. The van der Waals surface area contributed by atoms with Crippen LogP contribution in [0.5, 0.6) is 5.75 Å². The first-order valence-corrected chi connectivity index (χ1v) is 8.38. The number of unbranched alkanes of at least 4 members (excludes halogenated alkanes) is 2. The van der Waals surface area contributed by atoms with Crippen LogP contribution in [0.4, 0.5) is 8.78 Å². The minimum atomic E-state index is -0.914. The maximum atomic E-state index is 14.0. The van der Waals surface area contributed by atoms with Crippen LogP contribution in [0, 0.1) is 11.6 Å². The molecule has 0 atom stereocenters. The van der Waals surface area contributed by atoms with Crippen molar-refractivity contribution in [1.29, 1.82) is 0 Å². The first-order chi connectivity index (χ1) is 12.2. The Morgan fingerprint density at radius 1 is 1.00 bits per heavy atom. The van der Waals surface area contributed by atoms with Crippen molar-refractivity contribution in [3.63, 3.8) is 0 Å².